The molecule has 8 heteroatoms. The van der Waals surface area contributed by atoms with E-state index in [2.05, 4.69) is 0 Å². The van der Waals surface area contributed by atoms with Crippen molar-refractivity contribution in [2.24, 2.45) is 0 Å². The van der Waals surface area contributed by atoms with Crippen LogP contribution < -0.4 is 5.11 Å². The zero-order chi connectivity index (χ0) is 13.2. The van der Waals surface area contributed by atoms with Crippen molar-refractivity contribution in [1.29, 1.82) is 0 Å². The summed E-state index contributed by atoms with van der Waals surface area (Å²) in [6.45, 7) is -1.23. The fraction of sp³-hybridized carbons (Fsp3) is 0.875. The van der Waals surface area contributed by atoms with Gasteiger partial charge in [0.2, 0.25) is 0 Å². The first-order valence-corrected chi connectivity index (χ1v) is 4.34. The van der Waals surface area contributed by atoms with E-state index in [4.69, 9.17) is 0 Å². The number of carbonyl (C=O) groups excluding carboxylic acids is 1. The third-order valence-corrected chi connectivity index (χ3v) is 2.00. The van der Waals surface area contributed by atoms with Crippen LogP contribution in [0.5, 0.6) is 0 Å². The second-order valence-electron chi connectivity index (χ2n) is 4.14. The summed E-state index contributed by atoms with van der Waals surface area (Å²) >= 11 is 0. The summed E-state index contributed by atoms with van der Waals surface area (Å²) in [5.41, 5.74) is 0. The van der Waals surface area contributed by atoms with Crippen molar-refractivity contribution in [2.45, 2.75) is 18.5 Å². The molecule has 0 fully saturated rings. The fourth-order valence-electron chi connectivity index (χ4n) is 1.01. The highest BCUT2D eigenvalue weighted by atomic mass is 19.4. The van der Waals surface area contributed by atoms with Crippen LogP contribution in [0.2, 0.25) is 0 Å². The Balaban J connectivity index is 4.39. The topological polar surface area (TPSA) is 40.1 Å². The molecule has 3 nitrogen and oxygen atoms in total. The fourth-order valence-corrected chi connectivity index (χ4v) is 1.01. The van der Waals surface area contributed by atoms with Crippen molar-refractivity contribution in [3.63, 3.8) is 0 Å². The predicted molar refractivity (Wildman–Crippen MR) is 42.5 cm³/mol. The molecule has 0 spiro atoms. The minimum absolute atomic E-state index is 0.492. The third-order valence-electron chi connectivity index (χ3n) is 2.00. The molecule has 0 bridgehead atoms. The first kappa shape index (κ1) is 15.1. The lowest BCUT2D eigenvalue weighted by atomic mass is 10.2. The quantitative estimate of drug-likeness (QED) is 0.522. The summed E-state index contributed by atoms with van der Waals surface area (Å²) in [5, 5.41) is 10.2. The molecule has 0 N–H and O–H groups in total. The third kappa shape index (κ3) is 4.73. The summed E-state index contributed by atoms with van der Waals surface area (Å²) in [7, 11) is 2.48. The Morgan fingerprint density at radius 2 is 1.62 bits per heavy atom. The SMILES string of the molecule is C[N+](C)(CCC(F)(F)C(F)(F)F)CC(=O)[O-]. The van der Waals surface area contributed by atoms with Gasteiger partial charge < -0.3 is 14.4 Å². The molecule has 0 aliphatic carbocycles. The van der Waals surface area contributed by atoms with Gasteiger partial charge in [0.15, 0.2) is 0 Å². The zero-order valence-electron chi connectivity index (χ0n) is 8.77. The molecule has 0 saturated carbocycles. The highest BCUT2D eigenvalue weighted by Gasteiger charge is 2.57. The van der Waals surface area contributed by atoms with Crippen molar-refractivity contribution in [3.8, 4) is 0 Å². The summed E-state index contributed by atoms with van der Waals surface area (Å²) in [4.78, 5) is 10.2. The van der Waals surface area contributed by atoms with Gasteiger partial charge in [-0.05, 0) is 0 Å². The number of halogens is 5. The van der Waals surface area contributed by atoms with Crippen LogP contribution in [0.1, 0.15) is 6.42 Å². The monoisotopic (exact) mass is 249 g/mol. The average molecular weight is 249 g/mol. The minimum Gasteiger partial charge on any atom is -0.544 e. The van der Waals surface area contributed by atoms with E-state index in [1.807, 2.05) is 0 Å². The Bertz CT molecular complexity index is 262. The molecule has 0 aromatic rings. The van der Waals surface area contributed by atoms with Crippen LogP contribution in [0.25, 0.3) is 0 Å². The van der Waals surface area contributed by atoms with Gasteiger partial charge in [-0.2, -0.15) is 22.0 Å². The average Bonchev–Trinajstić information content (AvgIpc) is 1.96. The number of hydrogen-bond acceptors (Lipinski definition) is 2. The number of rotatable bonds is 5. The van der Waals surface area contributed by atoms with Crippen molar-refractivity contribution in [3.05, 3.63) is 0 Å². The van der Waals surface area contributed by atoms with E-state index in [1.54, 1.807) is 0 Å². The number of carboxylic acid groups (broad SMARTS) is 1. The Morgan fingerprint density at radius 1 is 1.19 bits per heavy atom. The van der Waals surface area contributed by atoms with E-state index in [-0.39, 0.29) is 0 Å². The number of hydrogen-bond donors (Lipinski definition) is 0. The number of aliphatic carboxylic acids is 1. The Kier molecular flexibility index (Phi) is 4.26. The molecule has 0 amide bonds. The van der Waals surface area contributed by atoms with Crippen LogP contribution in [-0.4, -0.2) is 49.7 Å². The Morgan fingerprint density at radius 3 is 1.94 bits per heavy atom. The normalized spacial score (nSPS) is 13.9. The maximum atomic E-state index is 12.5. The molecule has 0 radical (unpaired) electrons. The number of alkyl halides is 5. The van der Waals surface area contributed by atoms with E-state index in [9.17, 15) is 31.9 Å². The zero-order valence-corrected chi connectivity index (χ0v) is 8.77. The van der Waals surface area contributed by atoms with Gasteiger partial charge in [-0.25, -0.2) is 0 Å². The van der Waals surface area contributed by atoms with Gasteiger partial charge in [-0.1, -0.05) is 0 Å². The van der Waals surface area contributed by atoms with Crippen LogP contribution in [0.4, 0.5) is 22.0 Å². The number of likely N-dealkylation sites (N-methyl/N-ethyl adjacent to an activating group) is 1. The lowest BCUT2D eigenvalue weighted by Crippen LogP contribution is -2.51. The summed E-state index contributed by atoms with van der Waals surface area (Å²) in [6.07, 6.45) is -7.05. The molecule has 0 heterocycles. The van der Waals surface area contributed by atoms with Crippen LogP contribution >= 0.6 is 0 Å². The number of quaternary nitrogens is 1. The van der Waals surface area contributed by atoms with E-state index >= 15 is 0 Å². The van der Waals surface area contributed by atoms with Gasteiger partial charge in [0.1, 0.15) is 6.54 Å². The second-order valence-corrected chi connectivity index (χ2v) is 4.14. The summed E-state index contributed by atoms with van der Waals surface area (Å²) in [5.74, 6) is -6.30. The summed E-state index contributed by atoms with van der Waals surface area (Å²) < 4.78 is 59.9. The second kappa shape index (κ2) is 4.52. The number of carbonyl (C=O) groups is 1. The molecule has 0 aliphatic rings. The van der Waals surface area contributed by atoms with E-state index < -0.39 is 42.1 Å². The first-order valence-electron chi connectivity index (χ1n) is 4.34. The van der Waals surface area contributed by atoms with E-state index in [1.165, 1.54) is 14.1 Å². The van der Waals surface area contributed by atoms with Gasteiger partial charge in [0.05, 0.1) is 33.0 Å². The van der Waals surface area contributed by atoms with Crippen LogP contribution in [0.15, 0.2) is 0 Å². The van der Waals surface area contributed by atoms with Crippen molar-refractivity contribution in [1.82, 2.24) is 0 Å². The molecule has 0 aromatic carbocycles. The van der Waals surface area contributed by atoms with Gasteiger partial charge in [0, 0.05) is 0 Å². The van der Waals surface area contributed by atoms with Gasteiger partial charge >= 0.3 is 12.1 Å². The van der Waals surface area contributed by atoms with Crippen molar-refractivity contribution in [2.75, 3.05) is 27.2 Å². The van der Waals surface area contributed by atoms with E-state index in [0.29, 0.717) is 0 Å². The molecule has 16 heavy (non-hydrogen) atoms. The molecule has 0 unspecified atom stereocenters. The van der Waals surface area contributed by atoms with Gasteiger partial charge in [0.25, 0.3) is 0 Å². The lowest BCUT2D eigenvalue weighted by molar-refractivity contribution is -0.886. The molecule has 96 valence electrons. The van der Waals surface area contributed by atoms with E-state index in [0.717, 1.165) is 0 Å². The smallest absolute Gasteiger partial charge is 0.453 e. The largest absolute Gasteiger partial charge is 0.544 e. The standard InChI is InChI=1S/C8H12F5NO2/c1-14(2,5-6(15)16)4-3-7(9,10)8(11,12)13/h3-5H2,1-2H3. The number of nitrogens with zero attached hydrogens (tertiary/aromatic N) is 1. The van der Waals surface area contributed by atoms with Crippen LogP contribution in [0.3, 0.4) is 0 Å². The Hall–Kier alpha value is -0.920. The Labute approximate surface area is 89.0 Å². The molecular formula is C8H12F5NO2. The van der Waals surface area contributed by atoms with Crippen molar-refractivity contribution >= 4 is 5.97 Å². The highest BCUT2D eigenvalue weighted by molar-refractivity contribution is 5.65. The maximum absolute atomic E-state index is 12.5. The molecular weight excluding hydrogens is 237 g/mol. The lowest BCUT2D eigenvalue weighted by Gasteiger charge is -2.31. The molecule has 0 atom stereocenters. The molecule has 0 aromatic heterocycles. The molecule has 0 aliphatic heterocycles. The van der Waals surface area contributed by atoms with Crippen LogP contribution in [-0.2, 0) is 4.79 Å². The first-order chi connectivity index (χ1) is 6.87. The minimum atomic E-state index is -5.60. The maximum Gasteiger partial charge on any atom is 0.453 e. The van der Waals surface area contributed by atoms with Crippen molar-refractivity contribution < 1.29 is 36.3 Å². The summed E-state index contributed by atoms with van der Waals surface area (Å²) in [6, 6.07) is 0. The molecule has 0 rings (SSSR count). The molecule has 0 saturated heterocycles. The highest BCUT2D eigenvalue weighted by Crippen LogP contribution is 2.38. The predicted octanol–water partition coefficient (Wildman–Crippen LogP) is 0.400. The van der Waals surface area contributed by atoms with Gasteiger partial charge in [-0.3, -0.25) is 0 Å². The van der Waals surface area contributed by atoms with Gasteiger partial charge in [-0.15, -0.1) is 0 Å². The number of carboxylic acids is 1. The van der Waals surface area contributed by atoms with Crippen LogP contribution in [0, 0.1) is 0 Å².